The number of carboxylic acid groups (broad SMARTS) is 1. The molecule has 0 radical (unpaired) electrons. The van der Waals surface area contributed by atoms with E-state index in [0.717, 1.165) is 5.56 Å². The molecule has 2 amide bonds. The number of carbonyl (C=O) groups is 3. The average Bonchev–Trinajstić information content (AvgIpc) is 2.81. The van der Waals surface area contributed by atoms with Gasteiger partial charge in [0.15, 0.2) is 0 Å². The van der Waals surface area contributed by atoms with E-state index >= 15 is 0 Å². The molecule has 0 bridgehead atoms. The van der Waals surface area contributed by atoms with Crippen molar-refractivity contribution in [3.63, 3.8) is 0 Å². The van der Waals surface area contributed by atoms with Crippen LogP contribution in [0, 0.1) is 5.92 Å². The predicted molar refractivity (Wildman–Crippen MR) is 77.7 cm³/mol. The number of aromatic nitrogens is 1. The minimum atomic E-state index is -1.08. The lowest BCUT2D eigenvalue weighted by atomic mass is 9.93. The third-order valence-corrected chi connectivity index (χ3v) is 4.22. The number of hydrogen-bond acceptors (Lipinski definition) is 4. The van der Waals surface area contributed by atoms with Crippen LogP contribution < -0.4 is 0 Å². The van der Waals surface area contributed by atoms with Gasteiger partial charge in [-0.1, -0.05) is 6.07 Å². The number of rotatable bonds is 4. The fourth-order valence-electron chi connectivity index (χ4n) is 2.72. The third-order valence-electron chi connectivity index (χ3n) is 4.22. The van der Waals surface area contributed by atoms with Gasteiger partial charge in [-0.3, -0.25) is 14.6 Å². The highest BCUT2D eigenvalue weighted by atomic mass is 16.4. The van der Waals surface area contributed by atoms with Crippen molar-refractivity contribution in [3.05, 3.63) is 30.1 Å². The van der Waals surface area contributed by atoms with Crippen molar-refractivity contribution >= 4 is 17.8 Å². The molecule has 3 atom stereocenters. The third kappa shape index (κ3) is 2.79. The molecule has 7 nitrogen and oxygen atoms in total. The van der Waals surface area contributed by atoms with Crippen molar-refractivity contribution in [1.82, 2.24) is 14.8 Å². The van der Waals surface area contributed by atoms with E-state index in [1.165, 1.54) is 23.8 Å². The van der Waals surface area contributed by atoms with E-state index < -0.39 is 24.0 Å². The van der Waals surface area contributed by atoms with Crippen molar-refractivity contribution in [2.75, 3.05) is 14.1 Å². The maximum Gasteiger partial charge on any atom is 0.326 e. The molecule has 2 rings (SSSR count). The second-order valence-corrected chi connectivity index (χ2v) is 5.51. The molecule has 0 spiro atoms. The number of amides is 2. The fraction of sp³-hybridized carbons (Fsp3) is 0.467. The molecule has 0 saturated carbocycles. The first-order valence-corrected chi connectivity index (χ1v) is 6.99. The summed E-state index contributed by atoms with van der Waals surface area (Å²) in [6.07, 6.45) is 3.32. The van der Waals surface area contributed by atoms with Gasteiger partial charge in [-0.15, -0.1) is 0 Å². The predicted octanol–water partition coefficient (Wildman–Crippen LogP) is 0.533. The number of carbonyl (C=O) groups excluding carboxylic acids is 2. The average molecular weight is 305 g/mol. The normalized spacial score (nSPS) is 22.5. The van der Waals surface area contributed by atoms with Crippen molar-refractivity contribution in [1.29, 1.82) is 0 Å². The number of pyridine rings is 1. The van der Waals surface area contributed by atoms with E-state index in [1.807, 2.05) is 6.07 Å². The van der Waals surface area contributed by atoms with Crippen LogP contribution in [-0.2, 0) is 14.4 Å². The van der Waals surface area contributed by atoms with Crippen LogP contribution in [-0.4, -0.2) is 57.8 Å². The minimum Gasteiger partial charge on any atom is -0.480 e. The van der Waals surface area contributed by atoms with Gasteiger partial charge in [0, 0.05) is 32.9 Å². The lowest BCUT2D eigenvalue weighted by molar-refractivity contribution is -0.150. The van der Waals surface area contributed by atoms with E-state index in [4.69, 9.17) is 5.11 Å². The van der Waals surface area contributed by atoms with Crippen LogP contribution >= 0.6 is 0 Å². The number of hydrogen-bond donors (Lipinski definition) is 1. The van der Waals surface area contributed by atoms with Crippen molar-refractivity contribution < 1.29 is 19.5 Å². The zero-order chi connectivity index (χ0) is 16.4. The number of nitrogens with zero attached hydrogens (tertiary/aromatic N) is 3. The Morgan fingerprint density at radius 1 is 1.50 bits per heavy atom. The van der Waals surface area contributed by atoms with E-state index in [9.17, 15) is 14.4 Å². The van der Waals surface area contributed by atoms with Crippen LogP contribution in [0.2, 0.25) is 0 Å². The molecular formula is C15H19N3O4. The van der Waals surface area contributed by atoms with Gasteiger partial charge in [-0.05, 0) is 18.6 Å². The maximum absolute atomic E-state index is 12.6. The van der Waals surface area contributed by atoms with Crippen molar-refractivity contribution in [2.24, 2.45) is 5.92 Å². The summed E-state index contributed by atoms with van der Waals surface area (Å²) in [7, 11) is 3.10. The van der Waals surface area contributed by atoms with Gasteiger partial charge in [-0.25, -0.2) is 4.79 Å². The molecule has 3 unspecified atom stereocenters. The molecule has 1 N–H and O–H groups in total. The lowest BCUT2D eigenvalue weighted by Gasteiger charge is -2.29. The standard InChI is InChI=1S/C15H19N3O4/c1-9(15(21)22)17(2)14(20)11-7-12(19)18(3)13(11)10-5-4-6-16-8-10/h4-6,8-9,11,13H,7H2,1-3H3,(H,21,22). The molecule has 0 aliphatic carbocycles. The smallest absolute Gasteiger partial charge is 0.326 e. The van der Waals surface area contributed by atoms with Crippen LogP contribution in [0.25, 0.3) is 0 Å². The zero-order valence-corrected chi connectivity index (χ0v) is 12.8. The highest BCUT2D eigenvalue weighted by Crippen LogP contribution is 2.37. The molecule has 1 aliphatic heterocycles. The Labute approximate surface area is 128 Å². The zero-order valence-electron chi connectivity index (χ0n) is 12.8. The van der Waals surface area contributed by atoms with Crippen molar-refractivity contribution in [2.45, 2.75) is 25.4 Å². The van der Waals surface area contributed by atoms with Gasteiger partial charge in [0.25, 0.3) is 0 Å². The minimum absolute atomic E-state index is 0.0750. The summed E-state index contributed by atoms with van der Waals surface area (Å²) in [5.41, 5.74) is 0.769. The Hall–Kier alpha value is -2.44. The number of aliphatic carboxylic acids is 1. The Bertz CT molecular complexity index is 590. The first kappa shape index (κ1) is 15.9. The largest absolute Gasteiger partial charge is 0.480 e. The van der Waals surface area contributed by atoms with Crippen molar-refractivity contribution in [3.8, 4) is 0 Å². The molecule has 118 valence electrons. The topological polar surface area (TPSA) is 90.8 Å². The molecule has 1 aliphatic rings. The molecule has 0 aromatic carbocycles. The Morgan fingerprint density at radius 2 is 2.18 bits per heavy atom. The van der Waals surface area contributed by atoms with Gasteiger partial charge in [0.05, 0.1) is 12.0 Å². The first-order valence-electron chi connectivity index (χ1n) is 6.99. The Morgan fingerprint density at radius 3 is 2.73 bits per heavy atom. The SMILES string of the molecule is CC(C(=O)O)N(C)C(=O)C1CC(=O)N(C)C1c1cccnc1. The lowest BCUT2D eigenvalue weighted by Crippen LogP contribution is -2.44. The summed E-state index contributed by atoms with van der Waals surface area (Å²) >= 11 is 0. The number of likely N-dealkylation sites (N-methyl/N-ethyl adjacent to an activating group) is 1. The Balaban J connectivity index is 2.30. The molecule has 1 fully saturated rings. The van der Waals surface area contributed by atoms with Gasteiger partial charge in [-0.2, -0.15) is 0 Å². The summed E-state index contributed by atoms with van der Waals surface area (Å²) in [5.74, 6) is -2.16. The summed E-state index contributed by atoms with van der Waals surface area (Å²) < 4.78 is 0. The molecule has 1 aromatic rings. The van der Waals surface area contributed by atoms with E-state index in [-0.39, 0.29) is 18.2 Å². The molecule has 7 heteroatoms. The van der Waals surface area contributed by atoms with Crippen LogP contribution in [0.3, 0.4) is 0 Å². The number of likely N-dealkylation sites (tertiary alicyclic amines) is 1. The first-order chi connectivity index (χ1) is 10.3. The summed E-state index contributed by atoms with van der Waals surface area (Å²) in [4.78, 5) is 42.4. The second kappa shape index (κ2) is 6.13. The monoisotopic (exact) mass is 305 g/mol. The second-order valence-electron chi connectivity index (χ2n) is 5.51. The molecule has 2 heterocycles. The highest BCUT2D eigenvalue weighted by Gasteiger charge is 2.44. The van der Waals surface area contributed by atoms with Crippen LogP contribution in [0.15, 0.2) is 24.5 Å². The van der Waals surface area contributed by atoms with Crippen LogP contribution in [0.4, 0.5) is 0 Å². The van der Waals surface area contributed by atoms with Gasteiger partial charge in [0.2, 0.25) is 11.8 Å². The van der Waals surface area contributed by atoms with Gasteiger partial charge >= 0.3 is 5.97 Å². The van der Waals surface area contributed by atoms with Crippen LogP contribution in [0.5, 0.6) is 0 Å². The summed E-state index contributed by atoms with van der Waals surface area (Å²) in [6.45, 7) is 1.44. The van der Waals surface area contributed by atoms with E-state index in [0.29, 0.717) is 0 Å². The van der Waals surface area contributed by atoms with Gasteiger partial charge < -0.3 is 14.9 Å². The fourth-order valence-corrected chi connectivity index (χ4v) is 2.72. The van der Waals surface area contributed by atoms with Crippen LogP contribution in [0.1, 0.15) is 24.9 Å². The molecule has 22 heavy (non-hydrogen) atoms. The summed E-state index contributed by atoms with van der Waals surface area (Å²) in [6, 6.07) is 2.20. The molecule has 1 aromatic heterocycles. The summed E-state index contributed by atoms with van der Waals surface area (Å²) in [5, 5.41) is 9.05. The highest BCUT2D eigenvalue weighted by molar-refractivity contribution is 5.92. The van der Waals surface area contributed by atoms with Gasteiger partial charge in [0.1, 0.15) is 6.04 Å². The molecular weight excluding hydrogens is 286 g/mol. The maximum atomic E-state index is 12.6. The quantitative estimate of drug-likeness (QED) is 0.876. The van der Waals surface area contributed by atoms with E-state index in [1.54, 1.807) is 25.5 Å². The Kier molecular flexibility index (Phi) is 4.44. The van der Waals surface area contributed by atoms with E-state index in [2.05, 4.69) is 4.98 Å². The molecule has 1 saturated heterocycles. The number of carboxylic acids is 1.